The number of hydrogen-bond donors (Lipinski definition) is 0. The third-order valence-corrected chi connectivity index (χ3v) is 4.43. The summed E-state index contributed by atoms with van der Waals surface area (Å²) in [4.78, 5) is 16.5. The minimum Gasteiger partial charge on any atom is -0.336 e. The van der Waals surface area contributed by atoms with Crippen LogP contribution < -0.4 is 0 Å². The number of nitrogens with zero attached hydrogens (tertiary/aromatic N) is 2. The van der Waals surface area contributed by atoms with Crippen molar-refractivity contribution in [3.63, 3.8) is 0 Å². The van der Waals surface area contributed by atoms with Gasteiger partial charge in [-0.15, -0.1) is 0 Å². The molecule has 1 fully saturated rings. The third kappa shape index (κ3) is 5.42. The Bertz CT molecular complexity index is 540. The van der Waals surface area contributed by atoms with Crippen molar-refractivity contribution in [2.45, 2.75) is 24.3 Å². The molecule has 3 nitrogen and oxygen atoms in total. The Hall–Kier alpha value is -1.21. The molecule has 23 heavy (non-hydrogen) atoms. The molecule has 1 aliphatic rings. The standard InChI is InChI=1S/C16H21F3N2OS/c1-12(2)11-20-7-9-21(10-8-20)15(22)13-5-3-4-6-14(13)23-16(17,18)19/h3-6,12H,7-11H2,1-2H3. The van der Waals surface area contributed by atoms with Crippen LogP contribution in [0.1, 0.15) is 24.2 Å². The molecule has 0 unspecified atom stereocenters. The Morgan fingerprint density at radius 2 is 1.78 bits per heavy atom. The molecule has 0 atom stereocenters. The molecule has 1 aromatic carbocycles. The minimum absolute atomic E-state index is 0.0328. The normalized spacial score (nSPS) is 16.9. The number of rotatable bonds is 4. The van der Waals surface area contributed by atoms with E-state index >= 15 is 0 Å². The molecule has 0 bridgehead atoms. The molecule has 0 radical (unpaired) electrons. The zero-order chi connectivity index (χ0) is 17.0. The second-order valence-corrected chi connectivity index (χ2v) is 7.14. The van der Waals surface area contributed by atoms with Gasteiger partial charge in [0.1, 0.15) is 0 Å². The molecule has 1 heterocycles. The molecule has 1 saturated heterocycles. The first kappa shape index (κ1) is 18.1. The summed E-state index contributed by atoms with van der Waals surface area (Å²) < 4.78 is 37.9. The van der Waals surface area contributed by atoms with Gasteiger partial charge in [0.25, 0.3) is 5.91 Å². The zero-order valence-electron chi connectivity index (χ0n) is 13.3. The highest BCUT2D eigenvalue weighted by Crippen LogP contribution is 2.38. The summed E-state index contributed by atoms with van der Waals surface area (Å²) in [6, 6.07) is 5.94. The van der Waals surface area contributed by atoms with E-state index in [9.17, 15) is 18.0 Å². The topological polar surface area (TPSA) is 23.6 Å². The number of hydrogen-bond acceptors (Lipinski definition) is 3. The van der Waals surface area contributed by atoms with Crippen molar-refractivity contribution in [2.24, 2.45) is 5.92 Å². The van der Waals surface area contributed by atoms with Crippen LogP contribution >= 0.6 is 11.8 Å². The van der Waals surface area contributed by atoms with E-state index in [1.807, 2.05) is 0 Å². The van der Waals surface area contributed by atoms with E-state index in [0.717, 1.165) is 19.6 Å². The number of amides is 1. The Labute approximate surface area is 138 Å². The van der Waals surface area contributed by atoms with Crippen LogP contribution in [0.3, 0.4) is 0 Å². The second-order valence-electron chi connectivity index (χ2n) is 6.03. The van der Waals surface area contributed by atoms with Gasteiger partial charge in [-0.05, 0) is 29.8 Å². The molecule has 0 spiro atoms. The molecule has 0 aromatic heterocycles. The van der Waals surface area contributed by atoms with E-state index in [1.165, 1.54) is 18.2 Å². The molecule has 1 amide bonds. The Kier molecular flexibility index (Phi) is 5.97. The summed E-state index contributed by atoms with van der Waals surface area (Å²) in [5, 5.41) is 0. The molecule has 0 saturated carbocycles. The summed E-state index contributed by atoms with van der Waals surface area (Å²) in [6.45, 7) is 7.89. The highest BCUT2D eigenvalue weighted by atomic mass is 32.2. The third-order valence-electron chi connectivity index (χ3n) is 3.63. The first-order valence-corrected chi connectivity index (χ1v) is 8.44. The summed E-state index contributed by atoms with van der Waals surface area (Å²) in [5.41, 5.74) is -4.26. The molecular weight excluding hydrogens is 325 g/mol. The molecule has 2 rings (SSSR count). The van der Waals surface area contributed by atoms with Gasteiger partial charge < -0.3 is 4.90 Å². The van der Waals surface area contributed by atoms with Crippen molar-refractivity contribution in [2.75, 3.05) is 32.7 Å². The van der Waals surface area contributed by atoms with Crippen molar-refractivity contribution in [3.8, 4) is 0 Å². The van der Waals surface area contributed by atoms with Crippen LogP contribution in [0.15, 0.2) is 29.2 Å². The van der Waals surface area contributed by atoms with Crippen molar-refractivity contribution in [3.05, 3.63) is 29.8 Å². The predicted molar refractivity (Wildman–Crippen MR) is 85.5 cm³/mol. The number of benzene rings is 1. The van der Waals surface area contributed by atoms with Gasteiger partial charge in [0, 0.05) is 37.6 Å². The number of carbonyl (C=O) groups is 1. The lowest BCUT2D eigenvalue weighted by Crippen LogP contribution is -2.49. The highest BCUT2D eigenvalue weighted by Gasteiger charge is 2.32. The first-order valence-electron chi connectivity index (χ1n) is 7.62. The van der Waals surface area contributed by atoms with Crippen LogP contribution in [0.4, 0.5) is 13.2 Å². The van der Waals surface area contributed by atoms with Crippen molar-refractivity contribution < 1.29 is 18.0 Å². The lowest BCUT2D eigenvalue weighted by molar-refractivity contribution is -0.0328. The molecular formula is C16H21F3N2OS. The van der Waals surface area contributed by atoms with Gasteiger partial charge in [0.15, 0.2) is 0 Å². The second kappa shape index (κ2) is 7.57. The molecule has 0 N–H and O–H groups in total. The molecule has 1 aliphatic heterocycles. The van der Waals surface area contributed by atoms with E-state index in [1.54, 1.807) is 11.0 Å². The maximum absolute atomic E-state index is 12.6. The van der Waals surface area contributed by atoms with E-state index in [2.05, 4.69) is 18.7 Å². The molecule has 7 heteroatoms. The van der Waals surface area contributed by atoms with Gasteiger partial charge >= 0.3 is 5.51 Å². The van der Waals surface area contributed by atoms with Crippen molar-refractivity contribution >= 4 is 17.7 Å². The number of thioether (sulfide) groups is 1. The van der Waals surface area contributed by atoms with Gasteiger partial charge in [0.05, 0.1) is 5.56 Å². The predicted octanol–water partition coefficient (Wildman–Crippen LogP) is 3.71. The Morgan fingerprint density at radius 3 is 2.35 bits per heavy atom. The SMILES string of the molecule is CC(C)CN1CCN(C(=O)c2ccccc2SC(F)(F)F)CC1. The fourth-order valence-corrected chi connectivity index (χ4v) is 3.34. The van der Waals surface area contributed by atoms with Crippen molar-refractivity contribution in [1.29, 1.82) is 0 Å². The fraction of sp³-hybridized carbons (Fsp3) is 0.562. The number of halogens is 3. The fourth-order valence-electron chi connectivity index (χ4n) is 2.68. The van der Waals surface area contributed by atoms with Crippen LogP contribution in [-0.4, -0.2) is 53.9 Å². The number of carbonyl (C=O) groups excluding carboxylic acids is 1. The Balaban J connectivity index is 2.04. The first-order chi connectivity index (χ1) is 10.8. The minimum atomic E-state index is -4.40. The average molecular weight is 346 g/mol. The van der Waals surface area contributed by atoms with Gasteiger partial charge in [-0.3, -0.25) is 9.69 Å². The number of alkyl halides is 3. The van der Waals surface area contributed by atoms with Crippen molar-refractivity contribution in [1.82, 2.24) is 9.80 Å². The van der Waals surface area contributed by atoms with E-state index < -0.39 is 5.51 Å². The van der Waals surface area contributed by atoms with Crippen LogP contribution in [0.5, 0.6) is 0 Å². The summed E-state index contributed by atoms with van der Waals surface area (Å²) in [6.07, 6.45) is 0. The maximum atomic E-state index is 12.6. The summed E-state index contributed by atoms with van der Waals surface area (Å²) >= 11 is -0.229. The molecule has 128 valence electrons. The van der Waals surface area contributed by atoms with Crippen LogP contribution in [0.25, 0.3) is 0 Å². The average Bonchev–Trinajstić information content (AvgIpc) is 2.45. The van der Waals surface area contributed by atoms with Crippen LogP contribution in [0.2, 0.25) is 0 Å². The highest BCUT2D eigenvalue weighted by molar-refractivity contribution is 8.00. The summed E-state index contributed by atoms with van der Waals surface area (Å²) in [5.74, 6) is 0.239. The van der Waals surface area contributed by atoms with E-state index in [4.69, 9.17) is 0 Å². The van der Waals surface area contributed by atoms with Gasteiger partial charge in [-0.2, -0.15) is 13.2 Å². The maximum Gasteiger partial charge on any atom is 0.446 e. The van der Waals surface area contributed by atoms with Gasteiger partial charge in [0.2, 0.25) is 0 Å². The lowest BCUT2D eigenvalue weighted by atomic mass is 10.1. The van der Waals surface area contributed by atoms with Gasteiger partial charge in [-0.1, -0.05) is 26.0 Å². The molecule has 1 aromatic rings. The van der Waals surface area contributed by atoms with Gasteiger partial charge in [-0.25, -0.2) is 0 Å². The van der Waals surface area contributed by atoms with Crippen LogP contribution in [-0.2, 0) is 0 Å². The largest absolute Gasteiger partial charge is 0.446 e. The number of piperazine rings is 1. The Morgan fingerprint density at radius 1 is 1.17 bits per heavy atom. The van der Waals surface area contributed by atoms with E-state index in [0.29, 0.717) is 19.0 Å². The smallest absolute Gasteiger partial charge is 0.336 e. The molecule has 0 aliphatic carbocycles. The zero-order valence-corrected chi connectivity index (χ0v) is 14.1. The quantitative estimate of drug-likeness (QED) is 0.777. The monoisotopic (exact) mass is 346 g/mol. The van der Waals surface area contributed by atoms with E-state index in [-0.39, 0.29) is 28.1 Å². The summed E-state index contributed by atoms with van der Waals surface area (Å²) in [7, 11) is 0. The lowest BCUT2D eigenvalue weighted by Gasteiger charge is -2.35. The van der Waals surface area contributed by atoms with Crippen LogP contribution in [0, 0.1) is 5.92 Å².